The first-order chi connectivity index (χ1) is 11.9. The predicted molar refractivity (Wildman–Crippen MR) is 102 cm³/mol. The van der Waals surface area contributed by atoms with Crippen LogP contribution in [0.1, 0.15) is 82.1 Å². The number of ether oxygens (including phenoxy) is 1. The van der Waals surface area contributed by atoms with Crippen molar-refractivity contribution in [3.05, 3.63) is 29.8 Å². The molecule has 2 nitrogen and oxygen atoms in total. The molecule has 1 aliphatic heterocycles. The Hall–Kier alpha value is -1.02. The molecule has 1 heterocycles. The van der Waals surface area contributed by atoms with E-state index in [9.17, 15) is 0 Å². The summed E-state index contributed by atoms with van der Waals surface area (Å²) in [4.78, 5) is 2.81. The first kappa shape index (κ1) is 17.8. The van der Waals surface area contributed by atoms with Gasteiger partial charge in [0.05, 0.1) is 7.11 Å². The fourth-order valence-electron chi connectivity index (χ4n) is 4.73. The summed E-state index contributed by atoms with van der Waals surface area (Å²) in [5, 5.41) is 0. The van der Waals surface area contributed by atoms with Gasteiger partial charge >= 0.3 is 0 Å². The van der Waals surface area contributed by atoms with Gasteiger partial charge in [0.15, 0.2) is 0 Å². The van der Waals surface area contributed by atoms with Gasteiger partial charge in [0.25, 0.3) is 0 Å². The van der Waals surface area contributed by atoms with Gasteiger partial charge < -0.3 is 9.64 Å². The van der Waals surface area contributed by atoms with E-state index in [4.69, 9.17) is 4.74 Å². The summed E-state index contributed by atoms with van der Waals surface area (Å²) in [6.45, 7) is 2.54. The number of para-hydroxylation sites is 1. The molecule has 0 atom stereocenters. The number of benzene rings is 1. The molecule has 134 valence electrons. The van der Waals surface area contributed by atoms with Crippen molar-refractivity contribution < 1.29 is 4.74 Å². The van der Waals surface area contributed by atoms with Crippen LogP contribution < -0.4 is 4.74 Å². The highest BCUT2D eigenvalue weighted by atomic mass is 16.5. The first-order valence-electron chi connectivity index (χ1n) is 10.3. The van der Waals surface area contributed by atoms with E-state index >= 15 is 0 Å². The zero-order valence-electron chi connectivity index (χ0n) is 15.5. The van der Waals surface area contributed by atoms with Gasteiger partial charge in [0, 0.05) is 6.04 Å². The smallest absolute Gasteiger partial charge is 0.122 e. The zero-order valence-corrected chi connectivity index (χ0v) is 15.5. The molecule has 3 rings (SSSR count). The minimum absolute atomic E-state index is 0.678. The fraction of sp³-hybridized carbons (Fsp3) is 0.727. The Morgan fingerprint density at radius 1 is 0.792 bits per heavy atom. The lowest BCUT2D eigenvalue weighted by atomic mass is 9.87. The van der Waals surface area contributed by atoms with Crippen molar-refractivity contribution in [3.8, 4) is 5.75 Å². The van der Waals surface area contributed by atoms with Crippen molar-refractivity contribution in [2.75, 3.05) is 20.2 Å². The molecule has 0 aromatic heterocycles. The van der Waals surface area contributed by atoms with Gasteiger partial charge in [0.2, 0.25) is 0 Å². The van der Waals surface area contributed by atoms with Crippen LogP contribution in [-0.4, -0.2) is 31.1 Å². The number of hydrogen-bond donors (Lipinski definition) is 0. The lowest BCUT2D eigenvalue weighted by Gasteiger charge is -2.38. The van der Waals surface area contributed by atoms with E-state index in [1.807, 2.05) is 0 Å². The van der Waals surface area contributed by atoms with Gasteiger partial charge in [-0.25, -0.2) is 0 Å². The molecular formula is C22H35NO. The topological polar surface area (TPSA) is 12.5 Å². The van der Waals surface area contributed by atoms with Crippen molar-refractivity contribution in [1.82, 2.24) is 4.90 Å². The van der Waals surface area contributed by atoms with E-state index in [-0.39, 0.29) is 0 Å². The summed E-state index contributed by atoms with van der Waals surface area (Å²) in [6, 6.07) is 9.47. The maximum absolute atomic E-state index is 5.58. The molecule has 2 aliphatic rings. The minimum atomic E-state index is 0.678. The summed E-state index contributed by atoms with van der Waals surface area (Å²) in [5.74, 6) is 1.76. The lowest BCUT2D eigenvalue weighted by Crippen LogP contribution is -2.41. The lowest BCUT2D eigenvalue weighted by molar-refractivity contribution is 0.131. The molecule has 1 aliphatic carbocycles. The van der Waals surface area contributed by atoms with Gasteiger partial charge in [-0.15, -0.1) is 0 Å². The third kappa shape index (κ3) is 4.75. The van der Waals surface area contributed by atoms with Gasteiger partial charge in [-0.3, -0.25) is 0 Å². The number of methoxy groups -OCH3 is 1. The molecule has 0 amide bonds. The minimum Gasteiger partial charge on any atom is -0.496 e. The van der Waals surface area contributed by atoms with Crippen LogP contribution in [0.4, 0.5) is 0 Å². The molecule has 0 unspecified atom stereocenters. The predicted octanol–water partition coefficient (Wildman–Crippen LogP) is 5.77. The molecule has 2 heteroatoms. The fourth-order valence-corrected chi connectivity index (χ4v) is 4.73. The second-order valence-corrected chi connectivity index (χ2v) is 7.76. The van der Waals surface area contributed by atoms with Crippen molar-refractivity contribution in [3.63, 3.8) is 0 Å². The maximum Gasteiger partial charge on any atom is 0.122 e. The molecule has 0 bridgehead atoms. The molecular weight excluding hydrogens is 294 g/mol. The Bertz CT molecular complexity index is 469. The van der Waals surface area contributed by atoms with Gasteiger partial charge in [0.1, 0.15) is 5.75 Å². The Balaban J connectivity index is 1.55. The van der Waals surface area contributed by atoms with Crippen LogP contribution in [-0.2, 0) is 0 Å². The van der Waals surface area contributed by atoms with E-state index in [0.29, 0.717) is 5.92 Å². The van der Waals surface area contributed by atoms with E-state index in [1.165, 1.54) is 89.3 Å². The van der Waals surface area contributed by atoms with Crippen molar-refractivity contribution >= 4 is 0 Å². The molecule has 1 saturated carbocycles. The number of likely N-dealkylation sites (tertiary alicyclic amines) is 1. The van der Waals surface area contributed by atoms with E-state index < -0.39 is 0 Å². The largest absolute Gasteiger partial charge is 0.496 e. The molecule has 1 saturated heterocycles. The van der Waals surface area contributed by atoms with Crippen molar-refractivity contribution in [1.29, 1.82) is 0 Å². The Morgan fingerprint density at radius 3 is 2.00 bits per heavy atom. The number of nitrogens with zero attached hydrogens (tertiary/aromatic N) is 1. The Morgan fingerprint density at radius 2 is 1.38 bits per heavy atom. The Kier molecular flexibility index (Phi) is 7.01. The van der Waals surface area contributed by atoms with E-state index in [2.05, 4.69) is 29.2 Å². The summed E-state index contributed by atoms with van der Waals surface area (Å²) in [6.07, 6.45) is 15.6. The molecule has 0 radical (unpaired) electrons. The second kappa shape index (κ2) is 9.46. The normalized spacial score (nSPS) is 23.0. The maximum atomic E-state index is 5.58. The third-order valence-electron chi connectivity index (χ3n) is 6.20. The summed E-state index contributed by atoms with van der Waals surface area (Å²) >= 11 is 0. The van der Waals surface area contributed by atoms with Crippen LogP contribution in [0.2, 0.25) is 0 Å². The van der Waals surface area contributed by atoms with Crippen LogP contribution in [0.25, 0.3) is 0 Å². The van der Waals surface area contributed by atoms with Crippen LogP contribution in [0.5, 0.6) is 5.75 Å². The average molecular weight is 330 g/mol. The van der Waals surface area contributed by atoms with Gasteiger partial charge in [-0.2, -0.15) is 0 Å². The molecule has 24 heavy (non-hydrogen) atoms. The van der Waals surface area contributed by atoms with Crippen LogP contribution in [0, 0.1) is 0 Å². The highest BCUT2D eigenvalue weighted by Gasteiger charge is 2.26. The standard InChI is InChI=1S/C22H35NO/c1-24-22-14-10-9-13-21(22)19-15-17-23(18-16-19)20-11-7-5-3-2-4-6-8-12-20/h9-10,13-14,19-20H,2-8,11-12,15-18H2,1H3. The summed E-state index contributed by atoms with van der Waals surface area (Å²) in [5.41, 5.74) is 1.42. The quantitative estimate of drug-likeness (QED) is 0.698. The summed E-state index contributed by atoms with van der Waals surface area (Å²) in [7, 11) is 1.80. The second-order valence-electron chi connectivity index (χ2n) is 7.76. The van der Waals surface area contributed by atoms with Crippen molar-refractivity contribution in [2.45, 2.75) is 82.6 Å². The van der Waals surface area contributed by atoms with Crippen LogP contribution >= 0.6 is 0 Å². The third-order valence-corrected chi connectivity index (χ3v) is 6.20. The monoisotopic (exact) mass is 329 g/mol. The van der Waals surface area contributed by atoms with Crippen molar-refractivity contribution in [2.24, 2.45) is 0 Å². The van der Waals surface area contributed by atoms with Crippen LogP contribution in [0.15, 0.2) is 24.3 Å². The Labute approximate surface area is 148 Å². The van der Waals surface area contributed by atoms with Gasteiger partial charge in [-0.1, -0.05) is 63.1 Å². The number of rotatable bonds is 3. The summed E-state index contributed by atoms with van der Waals surface area (Å²) < 4.78 is 5.58. The molecule has 2 fully saturated rings. The van der Waals surface area contributed by atoms with E-state index in [1.54, 1.807) is 7.11 Å². The number of piperidine rings is 1. The zero-order chi connectivity index (χ0) is 16.6. The van der Waals surface area contributed by atoms with Gasteiger partial charge in [-0.05, 0) is 56.3 Å². The highest BCUT2D eigenvalue weighted by molar-refractivity contribution is 5.36. The molecule has 0 spiro atoms. The highest BCUT2D eigenvalue weighted by Crippen LogP contribution is 2.35. The molecule has 1 aromatic carbocycles. The molecule has 1 aromatic rings. The van der Waals surface area contributed by atoms with E-state index in [0.717, 1.165) is 11.8 Å². The SMILES string of the molecule is COc1ccccc1C1CCN(C2CCCCCCCCC2)CC1. The number of hydrogen-bond acceptors (Lipinski definition) is 2. The van der Waals surface area contributed by atoms with Crippen LogP contribution in [0.3, 0.4) is 0 Å². The molecule has 0 N–H and O–H groups in total. The average Bonchev–Trinajstić information content (AvgIpc) is 2.66. The first-order valence-corrected chi connectivity index (χ1v) is 10.3.